The lowest BCUT2D eigenvalue weighted by molar-refractivity contribution is -0.119. The second kappa shape index (κ2) is 8.79. The molecule has 1 heterocycles. The molecule has 2 aromatic carbocycles. The van der Waals surface area contributed by atoms with Crippen molar-refractivity contribution < 1.29 is 9.53 Å². The van der Waals surface area contributed by atoms with Crippen molar-refractivity contribution in [3.05, 3.63) is 70.3 Å². The van der Waals surface area contributed by atoms with E-state index in [9.17, 15) is 4.79 Å². The van der Waals surface area contributed by atoms with Crippen LogP contribution in [0.1, 0.15) is 54.9 Å². The maximum absolute atomic E-state index is 11.7. The Balaban J connectivity index is 1.68. The van der Waals surface area contributed by atoms with E-state index < -0.39 is 0 Å². The molecule has 0 N–H and O–H groups in total. The first-order chi connectivity index (χ1) is 14.2. The van der Waals surface area contributed by atoms with Crippen LogP contribution in [0.2, 0.25) is 0 Å². The fourth-order valence-electron chi connectivity index (χ4n) is 4.37. The molecule has 0 spiro atoms. The van der Waals surface area contributed by atoms with Gasteiger partial charge in [0, 0.05) is 32.5 Å². The van der Waals surface area contributed by atoms with Crippen molar-refractivity contribution in [1.82, 2.24) is 4.90 Å². The summed E-state index contributed by atoms with van der Waals surface area (Å²) in [6.07, 6.45) is 7.85. The van der Waals surface area contributed by atoms with Crippen molar-refractivity contribution in [2.45, 2.75) is 32.6 Å². The molecule has 0 radical (unpaired) electrons. The van der Waals surface area contributed by atoms with Crippen LogP contribution in [-0.2, 0) is 4.79 Å². The van der Waals surface area contributed by atoms with E-state index in [1.54, 1.807) is 7.11 Å². The summed E-state index contributed by atoms with van der Waals surface area (Å²) in [5.41, 5.74) is 7.98. The first kappa shape index (κ1) is 19.7. The third-order valence-electron chi connectivity index (χ3n) is 6.12. The molecule has 4 rings (SSSR count). The summed E-state index contributed by atoms with van der Waals surface area (Å²) in [6.45, 7) is 4.89. The van der Waals surface area contributed by atoms with Gasteiger partial charge in [0.1, 0.15) is 11.5 Å². The molecule has 2 aromatic rings. The van der Waals surface area contributed by atoms with Gasteiger partial charge in [-0.05, 0) is 52.8 Å². The molecule has 0 atom stereocenters. The van der Waals surface area contributed by atoms with Gasteiger partial charge in [0.05, 0.1) is 7.11 Å². The van der Waals surface area contributed by atoms with E-state index in [0.29, 0.717) is 18.6 Å². The zero-order valence-electron chi connectivity index (χ0n) is 17.4. The number of ether oxygens (including phenoxy) is 1. The van der Waals surface area contributed by atoms with E-state index in [2.05, 4.69) is 59.5 Å². The molecule has 0 aromatic heterocycles. The van der Waals surface area contributed by atoms with Crippen molar-refractivity contribution in [2.75, 3.05) is 26.7 Å². The lowest BCUT2D eigenvalue weighted by Crippen LogP contribution is -2.33. The minimum absolute atomic E-state index is 0.362. The third kappa shape index (κ3) is 4.20. The van der Waals surface area contributed by atoms with Gasteiger partial charge in [0.2, 0.25) is 0 Å². The average molecular weight is 388 g/mol. The minimum Gasteiger partial charge on any atom is -0.497 e. The molecular weight excluding hydrogens is 358 g/mol. The number of ketones is 1. The molecule has 1 aliphatic heterocycles. The third-order valence-corrected chi connectivity index (χ3v) is 6.12. The smallest absolute Gasteiger partial charge is 0.133 e. The van der Waals surface area contributed by atoms with Crippen LogP contribution in [0.4, 0.5) is 0 Å². The number of rotatable bonds is 5. The molecule has 3 nitrogen and oxygen atoms in total. The van der Waals surface area contributed by atoms with E-state index in [-0.39, 0.29) is 0 Å². The zero-order chi connectivity index (χ0) is 20.2. The number of Topliss-reactive ketones (excluding diaryl/α,β-unsaturated/α-hetero) is 1. The summed E-state index contributed by atoms with van der Waals surface area (Å²) in [5, 5.41) is 0. The second-order valence-electron chi connectivity index (χ2n) is 7.84. The van der Waals surface area contributed by atoms with Gasteiger partial charge >= 0.3 is 0 Å². The molecule has 1 fully saturated rings. The number of methoxy groups -OCH3 is 1. The summed E-state index contributed by atoms with van der Waals surface area (Å²) in [4.78, 5) is 14.1. The molecule has 0 saturated carbocycles. The van der Waals surface area contributed by atoms with Gasteiger partial charge in [-0.15, -0.1) is 0 Å². The molecule has 0 amide bonds. The number of piperidine rings is 1. The monoisotopic (exact) mass is 387 g/mol. The maximum Gasteiger partial charge on any atom is 0.133 e. The first-order valence-electron chi connectivity index (χ1n) is 10.6. The number of carbonyl (C=O) groups excluding carboxylic acids is 1. The normalized spacial score (nSPS) is 16.2. The predicted molar refractivity (Wildman–Crippen MR) is 120 cm³/mol. The maximum atomic E-state index is 11.7. The summed E-state index contributed by atoms with van der Waals surface area (Å²) in [7, 11) is 1.72. The van der Waals surface area contributed by atoms with Crippen LogP contribution in [0, 0.1) is 0 Å². The largest absolute Gasteiger partial charge is 0.497 e. The molecule has 29 heavy (non-hydrogen) atoms. The van der Waals surface area contributed by atoms with E-state index in [1.807, 2.05) is 6.92 Å². The molecule has 0 bridgehead atoms. The van der Waals surface area contributed by atoms with Crippen molar-refractivity contribution in [1.29, 1.82) is 0 Å². The van der Waals surface area contributed by atoms with Crippen LogP contribution >= 0.6 is 0 Å². The Kier molecular flexibility index (Phi) is 5.96. The minimum atomic E-state index is 0.362. The van der Waals surface area contributed by atoms with Crippen LogP contribution in [0.5, 0.6) is 5.75 Å². The van der Waals surface area contributed by atoms with Gasteiger partial charge in [0.15, 0.2) is 0 Å². The Bertz CT molecular complexity index is 960. The topological polar surface area (TPSA) is 29.5 Å². The van der Waals surface area contributed by atoms with E-state index in [4.69, 9.17) is 4.74 Å². The SMILES string of the molecule is CCC(=O)CCN1CCC(=C2c3ccccc3C=Cc3cc(OC)ccc32)CC1. The van der Waals surface area contributed by atoms with Gasteiger partial charge in [-0.3, -0.25) is 4.79 Å². The lowest BCUT2D eigenvalue weighted by Gasteiger charge is -2.30. The predicted octanol–water partition coefficient (Wildman–Crippen LogP) is 5.45. The summed E-state index contributed by atoms with van der Waals surface area (Å²) < 4.78 is 5.46. The molecule has 2 aliphatic rings. The van der Waals surface area contributed by atoms with Gasteiger partial charge < -0.3 is 9.64 Å². The molecule has 3 heteroatoms. The van der Waals surface area contributed by atoms with Crippen LogP contribution in [0.25, 0.3) is 17.7 Å². The zero-order valence-corrected chi connectivity index (χ0v) is 17.4. The van der Waals surface area contributed by atoms with Crippen molar-refractivity contribution in [2.24, 2.45) is 0 Å². The quantitative estimate of drug-likeness (QED) is 0.583. The van der Waals surface area contributed by atoms with E-state index in [0.717, 1.165) is 38.2 Å². The fraction of sp³-hybridized carbons (Fsp3) is 0.346. The Hall–Kier alpha value is -2.65. The van der Waals surface area contributed by atoms with Crippen molar-refractivity contribution in [3.63, 3.8) is 0 Å². The number of benzene rings is 2. The molecular formula is C26H29NO2. The van der Waals surface area contributed by atoms with E-state index >= 15 is 0 Å². The lowest BCUT2D eigenvalue weighted by atomic mass is 9.86. The van der Waals surface area contributed by atoms with E-state index in [1.165, 1.54) is 33.4 Å². The number of fused-ring (bicyclic) bond motifs is 2. The number of nitrogens with zero attached hydrogens (tertiary/aromatic N) is 1. The Morgan fingerprint density at radius 1 is 1.00 bits per heavy atom. The molecule has 1 saturated heterocycles. The number of carbonyl (C=O) groups is 1. The highest BCUT2D eigenvalue weighted by molar-refractivity contribution is 5.95. The Morgan fingerprint density at radius 2 is 1.72 bits per heavy atom. The highest BCUT2D eigenvalue weighted by Crippen LogP contribution is 2.39. The number of hydrogen-bond donors (Lipinski definition) is 0. The Morgan fingerprint density at radius 3 is 2.48 bits per heavy atom. The second-order valence-corrected chi connectivity index (χ2v) is 7.84. The van der Waals surface area contributed by atoms with Gasteiger partial charge in [-0.25, -0.2) is 0 Å². The molecule has 1 aliphatic carbocycles. The standard InChI is InChI=1S/C26H29NO2/c1-3-22(28)14-17-27-15-12-20(13-16-27)26-24-7-5-4-6-19(24)8-9-21-18-23(29-2)10-11-25(21)26/h4-11,18H,3,12-17H2,1-2H3. The van der Waals surface area contributed by atoms with Gasteiger partial charge in [-0.1, -0.05) is 55.0 Å². The number of likely N-dealkylation sites (tertiary alicyclic amines) is 1. The van der Waals surface area contributed by atoms with Crippen LogP contribution < -0.4 is 4.74 Å². The summed E-state index contributed by atoms with van der Waals surface area (Å²) >= 11 is 0. The van der Waals surface area contributed by atoms with Gasteiger partial charge in [0.25, 0.3) is 0 Å². The molecule has 150 valence electrons. The fourth-order valence-corrected chi connectivity index (χ4v) is 4.37. The van der Waals surface area contributed by atoms with Gasteiger partial charge in [-0.2, -0.15) is 0 Å². The van der Waals surface area contributed by atoms with Crippen LogP contribution in [-0.4, -0.2) is 37.4 Å². The van der Waals surface area contributed by atoms with Crippen LogP contribution in [0.3, 0.4) is 0 Å². The molecule has 0 unspecified atom stereocenters. The highest BCUT2D eigenvalue weighted by Gasteiger charge is 2.23. The van der Waals surface area contributed by atoms with Crippen molar-refractivity contribution >= 4 is 23.5 Å². The van der Waals surface area contributed by atoms with Crippen molar-refractivity contribution in [3.8, 4) is 5.75 Å². The average Bonchev–Trinajstić information content (AvgIpc) is 2.94. The summed E-state index contributed by atoms with van der Waals surface area (Å²) in [6, 6.07) is 15.1. The Labute approximate surface area is 173 Å². The highest BCUT2D eigenvalue weighted by atomic mass is 16.5. The number of hydrogen-bond acceptors (Lipinski definition) is 3. The van der Waals surface area contributed by atoms with Crippen LogP contribution in [0.15, 0.2) is 48.0 Å². The first-order valence-corrected chi connectivity index (χ1v) is 10.6. The summed E-state index contributed by atoms with van der Waals surface area (Å²) in [5.74, 6) is 1.25.